The summed E-state index contributed by atoms with van der Waals surface area (Å²) in [5.41, 5.74) is 1.78. The second-order valence-corrected chi connectivity index (χ2v) is 4.51. The van der Waals surface area contributed by atoms with Crippen molar-refractivity contribution in [3.05, 3.63) is 30.2 Å². The molecule has 1 aliphatic rings. The molecule has 0 amide bonds. The van der Waals surface area contributed by atoms with Crippen LogP contribution in [0.5, 0.6) is 0 Å². The molecule has 0 spiro atoms. The number of hydrogen-bond donors (Lipinski definition) is 2. The minimum Gasteiger partial charge on any atom is -0.360 e. The number of hydrogen-bond acceptors (Lipinski definition) is 3. The summed E-state index contributed by atoms with van der Waals surface area (Å²) in [5, 5.41) is 4.22. The molecule has 0 atom stereocenters. The highest BCUT2D eigenvalue weighted by Crippen LogP contribution is 2.23. The summed E-state index contributed by atoms with van der Waals surface area (Å²) >= 11 is 0. The molecule has 4 heteroatoms. The maximum absolute atomic E-state index is 12.4. The van der Waals surface area contributed by atoms with Crippen molar-refractivity contribution in [1.29, 1.82) is 0 Å². The number of piperidine rings is 1. The molecule has 4 nitrogen and oxygen atoms in total. The van der Waals surface area contributed by atoms with Crippen molar-refractivity contribution >= 4 is 16.7 Å². The lowest BCUT2D eigenvalue weighted by molar-refractivity contribution is 0.0897. The average molecular weight is 229 g/mol. The molecule has 1 fully saturated rings. The zero-order valence-corrected chi connectivity index (χ0v) is 9.57. The van der Waals surface area contributed by atoms with Crippen molar-refractivity contribution < 1.29 is 4.79 Å². The fourth-order valence-corrected chi connectivity index (χ4v) is 2.47. The van der Waals surface area contributed by atoms with Gasteiger partial charge in [-0.1, -0.05) is 0 Å². The van der Waals surface area contributed by atoms with Crippen molar-refractivity contribution in [2.75, 3.05) is 13.1 Å². The Morgan fingerprint density at radius 3 is 3.00 bits per heavy atom. The third-order valence-corrected chi connectivity index (χ3v) is 3.46. The van der Waals surface area contributed by atoms with E-state index < -0.39 is 0 Å². The fraction of sp³-hybridized carbons (Fsp3) is 0.385. The van der Waals surface area contributed by atoms with Gasteiger partial charge in [-0.15, -0.1) is 0 Å². The number of ketones is 1. The molecule has 1 saturated heterocycles. The topological polar surface area (TPSA) is 57.8 Å². The van der Waals surface area contributed by atoms with Gasteiger partial charge in [-0.05, 0) is 32.0 Å². The van der Waals surface area contributed by atoms with Crippen molar-refractivity contribution in [2.45, 2.75) is 12.8 Å². The molecule has 88 valence electrons. The summed E-state index contributed by atoms with van der Waals surface area (Å²) in [6.07, 6.45) is 7.19. The number of carbonyl (C=O) groups excluding carboxylic acids is 1. The molecule has 2 N–H and O–H groups in total. The van der Waals surface area contributed by atoms with Crippen molar-refractivity contribution in [3.8, 4) is 0 Å². The number of H-pyrrole nitrogens is 1. The smallest absolute Gasteiger partial charge is 0.168 e. The molecule has 2 aromatic rings. The van der Waals surface area contributed by atoms with Gasteiger partial charge in [0.15, 0.2) is 5.78 Å². The Labute approximate surface area is 99.4 Å². The summed E-state index contributed by atoms with van der Waals surface area (Å²) in [6, 6.07) is 1.90. The van der Waals surface area contributed by atoms with E-state index in [1.165, 1.54) is 0 Å². The Balaban J connectivity index is 1.95. The Morgan fingerprint density at radius 1 is 1.35 bits per heavy atom. The van der Waals surface area contributed by atoms with Gasteiger partial charge in [-0.25, -0.2) is 0 Å². The number of fused-ring (bicyclic) bond motifs is 1. The van der Waals surface area contributed by atoms with Crippen LogP contribution in [0, 0.1) is 5.92 Å². The van der Waals surface area contributed by atoms with Gasteiger partial charge < -0.3 is 10.3 Å². The molecule has 1 aliphatic heterocycles. The first-order chi connectivity index (χ1) is 8.36. The van der Waals surface area contributed by atoms with Crippen LogP contribution < -0.4 is 5.32 Å². The van der Waals surface area contributed by atoms with E-state index in [1.54, 1.807) is 12.4 Å². The molecular formula is C13H15N3O. The maximum Gasteiger partial charge on any atom is 0.168 e. The van der Waals surface area contributed by atoms with E-state index in [4.69, 9.17) is 0 Å². The number of nitrogens with zero attached hydrogens (tertiary/aromatic N) is 1. The monoisotopic (exact) mass is 229 g/mol. The highest BCUT2D eigenvalue weighted by atomic mass is 16.1. The molecule has 0 aromatic carbocycles. The Kier molecular flexibility index (Phi) is 2.65. The van der Waals surface area contributed by atoms with Crippen LogP contribution in [0.25, 0.3) is 10.9 Å². The third kappa shape index (κ3) is 1.85. The number of pyridine rings is 1. The number of carbonyl (C=O) groups is 1. The van der Waals surface area contributed by atoms with Gasteiger partial charge in [0.05, 0.1) is 0 Å². The van der Waals surface area contributed by atoms with Crippen LogP contribution in [0.1, 0.15) is 23.2 Å². The largest absolute Gasteiger partial charge is 0.360 e. The zero-order chi connectivity index (χ0) is 11.7. The van der Waals surface area contributed by atoms with Crippen LogP contribution in [-0.4, -0.2) is 28.8 Å². The SMILES string of the molecule is O=C(c1c[nH]c2ccncc12)C1CCNCC1. The highest BCUT2D eigenvalue weighted by Gasteiger charge is 2.24. The van der Waals surface area contributed by atoms with Gasteiger partial charge in [-0.2, -0.15) is 0 Å². The predicted octanol–water partition coefficient (Wildman–Crippen LogP) is 1.75. The second kappa shape index (κ2) is 4.30. The Hall–Kier alpha value is -1.68. The summed E-state index contributed by atoms with van der Waals surface area (Å²) in [5.74, 6) is 0.418. The van der Waals surface area contributed by atoms with Gasteiger partial charge >= 0.3 is 0 Å². The summed E-state index contributed by atoms with van der Waals surface area (Å²) in [6.45, 7) is 1.88. The molecule has 17 heavy (non-hydrogen) atoms. The average Bonchev–Trinajstić information content (AvgIpc) is 2.83. The molecule has 0 unspecified atom stereocenters. The molecule has 0 saturated carbocycles. The van der Waals surface area contributed by atoms with E-state index in [0.717, 1.165) is 42.4 Å². The van der Waals surface area contributed by atoms with Crippen LogP contribution >= 0.6 is 0 Å². The Morgan fingerprint density at radius 2 is 2.18 bits per heavy atom. The molecule has 0 bridgehead atoms. The fourth-order valence-electron chi connectivity index (χ4n) is 2.47. The van der Waals surface area contributed by atoms with Gasteiger partial charge in [0.2, 0.25) is 0 Å². The lowest BCUT2D eigenvalue weighted by Crippen LogP contribution is -2.31. The first-order valence-corrected chi connectivity index (χ1v) is 6.02. The van der Waals surface area contributed by atoms with Crippen LogP contribution in [0.4, 0.5) is 0 Å². The van der Waals surface area contributed by atoms with Crippen LogP contribution in [0.2, 0.25) is 0 Å². The van der Waals surface area contributed by atoms with Gasteiger partial charge in [0.1, 0.15) is 0 Å². The number of aromatic nitrogens is 2. The van der Waals surface area contributed by atoms with Gasteiger partial charge in [-0.3, -0.25) is 9.78 Å². The standard InChI is InChI=1S/C13H15N3O/c17-13(9-1-4-14-5-2-9)11-8-16-12-3-6-15-7-10(11)12/h3,6-9,14,16H,1-2,4-5H2. The molecular weight excluding hydrogens is 214 g/mol. The van der Waals surface area contributed by atoms with E-state index >= 15 is 0 Å². The number of nitrogens with one attached hydrogen (secondary N) is 2. The third-order valence-electron chi connectivity index (χ3n) is 3.46. The quantitative estimate of drug-likeness (QED) is 0.771. The summed E-state index contributed by atoms with van der Waals surface area (Å²) in [4.78, 5) is 19.6. The zero-order valence-electron chi connectivity index (χ0n) is 9.57. The molecule has 3 heterocycles. The maximum atomic E-state index is 12.4. The van der Waals surface area contributed by atoms with Gasteiger partial charge in [0.25, 0.3) is 0 Å². The van der Waals surface area contributed by atoms with E-state index in [1.807, 2.05) is 12.3 Å². The second-order valence-electron chi connectivity index (χ2n) is 4.51. The summed E-state index contributed by atoms with van der Waals surface area (Å²) in [7, 11) is 0. The van der Waals surface area contributed by atoms with E-state index in [0.29, 0.717) is 0 Å². The minimum atomic E-state index is 0.162. The van der Waals surface area contributed by atoms with Crippen molar-refractivity contribution in [3.63, 3.8) is 0 Å². The van der Waals surface area contributed by atoms with Crippen molar-refractivity contribution in [1.82, 2.24) is 15.3 Å². The molecule has 2 aromatic heterocycles. The van der Waals surface area contributed by atoms with E-state index in [2.05, 4.69) is 15.3 Å². The lowest BCUT2D eigenvalue weighted by Gasteiger charge is -2.20. The molecule has 0 aliphatic carbocycles. The highest BCUT2D eigenvalue weighted by molar-refractivity contribution is 6.08. The van der Waals surface area contributed by atoms with Crippen molar-refractivity contribution in [2.24, 2.45) is 5.92 Å². The Bertz CT molecular complexity index is 540. The lowest BCUT2D eigenvalue weighted by atomic mass is 9.90. The molecule has 0 radical (unpaired) electrons. The predicted molar refractivity (Wildman–Crippen MR) is 66.0 cm³/mol. The van der Waals surface area contributed by atoms with Crippen LogP contribution in [0.15, 0.2) is 24.7 Å². The molecule has 3 rings (SSSR count). The van der Waals surface area contributed by atoms with E-state index in [-0.39, 0.29) is 11.7 Å². The number of Topliss-reactive ketones (excluding diaryl/α,β-unsaturated/α-hetero) is 1. The van der Waals surface area contributed by atoms with Crippen LogP contribution in [0.3, 0.4) is 0 Å². The minimum absolute atomic E-state index is 0.162. The van der Waals surface area contributed by atoms with Crippen LogP contribution in [-0.2, 0) is 0 Å². The van der Waals surface area contributed by atoms with Gasteiger partial charge in [0, 0.05) is 41.0 Å². The first-order valence-electron chi connectivity index (χ1n) is 6.02. The first kappa shape index (κ1) is 10.5. The normalized spacial score (nSPS) is 17.4. The van der Waals surface area contributed by atoms with E-state index in [9.17, 15) is 4.79 Å². The summed E-state index contributed by atoms with van der Waals surface area (Å²) < 4.78 is 0. The number of rotatable bonds is 2. The number of aromatic amines is 1.